The van der Waals surface area contributed by atoms with Gasteiger partial charge >= 0.3 is 0 Å². The van der Waals surface area contributed by atoms with E-state index in [-0.39, 0.29) is 11.9 Å². The molecule has 2 fully saturated rings. The van der Waals surface area contributed by atoms with E-state index in [1.165, 1.54) is 32.1 Å². The van der Waals surface area contributed by atoms with Gasteiger partial charge in [-0.2, -0.15) is 0 Å². The Kier molecular flexibility index (Phi) is 6.93. The van der Waals surface area contributed by atoms with E-state index in [9.17, 15) is 4.79 Å². The van der Waals surface area contributed by atoms with Crippen LogP contribution in [0.1, 0.15) is 45.4 Å². The van der Waals surface area contributed by atoms with Crippen molar-refractivity contribution in [3.05, 3.63) is 0 Å². The van der Waals surface area contributed by atoms with Crippen molar-refractivity contribution in [1.29, 1.82) is 0 Å². The average molecular weight is 297 g/mol. The van der Waals surface area contributed by atoms with E-state index in [2.05, 4.69) is 15.5 Å². The number of rotatable bonds is 9. The van der Waals surface area contributed by atoms with Crippen LogP contribution in [0.5, 0.6) is 0 Å². The molecule has 0 aromatic carbocycles. The molecule has 2 N–H and O–H groups in total. The van der Waals surface area contributed by atoms with Crippen LogP contribution in [-0.2, 0) is 9.53 Å². The monoisotopic (exact) mass is 297 g/mol. The van der Waals surface area contributed by atoms with Crippen LogP contribution in [0.4, 0.5) is 0 Å². The molecule has 21 heavy (non-hydrogen) atoms. The molecule has 1 saturated carbocycles. The minimum Gasteiger partial charge on any atom is -0.385 e. The van der Waals surface area contributed by atoms with Crippen molar-refractivity contribution in [3.63, 3.8) is 0 Å². The Labute approximate surface area is 128 Å². The minimum atomic E-state index is -0.0243. The molecule has 0 spiro atoms. The zero-order chi connectivity index (χ0) is 15.1. The van der Waals surface area contributed by atoms with E-state index in [4.69, 9.17) is 4.74 Å². The molecule has 5 heteroatoms. The molecule has 122 valence electrons. The van der Waals surface area contributed by atoms with E-state index in [1.54, 1.807) is 7.11 Å². The van der Waals surface area contributed by atoms with Crippen LogP contribution in [0.3, 0.4) is 0 Å². The van der Waals surface area contributed by atoms with Crippen LogP contribution in [-0.4, -0.2) is 62.3 Å². The van der Waals surface area contributed by atoms with Gasteiger partial charge in [0, 0.05) is 38.9 Å². The van der Waals surface area contributed by atoms with Crippen molar-refractivity contribution in [3.8, 4) is 0 Å². The van der Waals surface area contributed by atoms with Crippen molar-refractivity contribution >= 4 is 5.91 Å². The fraction of sp³-hybridized carbons (Fsp3) is 0.938. The summed E-state index contributed by atoms with van der Waals surface area (Å²) in [5.41, 5.74) is 0. The highest BCUT2D eigenvalue weighted by molar-refractivity contribution is 5.81. The molecular formula is C16H31N3O2. The highest BCUT2D eigenvalue weighted by atomic mass is 16.5. The Balaban J connectivity index is 1.77. The van der Waals surface area contributed by atoms with Gasteiger partial charge in [0.25, 0.3) is 0 Å². The standard InChI is InChI=1S/C16H31N3O2/c1-13(16(20)18-10-5-11-21-2)19(15-7-8-15)12-14-6-3-4-9-17-14/h13-15,17H,3-12H2,1-2H3,(H,18,20). The molecule has 1 heterocycles. The third kappa shape index (κ3) is 5.57. The summed E-state index contributed by atoms with van der Waals surface area (Å²) in [5.74, 6) is 0.161. The second kappa shape index (κ2) is 8.71. The summed E-state index contributed by atoms with van der Waals surface area (Å²) in [6.45, 7) is 5.59. The van der Waals surface area contributed by atoms with Crippen LogP contribution in [0.25, 0.3) is 0 Å². The zero-order valence-electron chi connectivity index (χ0n) is 13.6. The quantitative estimate of drug-likeness (QED) is 0.627. The molecule has 1 amide bonds. The summed E-state index contributed by atoms with van der Waals surface area (Å²) in [6, 6.07) is 1.15. The maximum absolute atomic E-state index is 12.3. The van der Waals surface area contributed by atoms with Gasteiger partial charge in [0.1, 0.15) is 0 Å². The fourth-order valence-electron chi connectivity index (χ4n) is 3.09. The molecular weight excluding hydrogens is 266 g/mol. The van der Waals surface area contributed by atoms with Gasteiger partial charge in [0.05, 0.1) is 6.04 Å². The van der Waals surface area contributed by atoms with E-state index >= 15 is 0 Å². The van der Waals surface area contributed by atoms with Crippen molar-refractivity contribution in [2.75, 3.05) is 33.4 Å². The summed E-state index contributed by atoms with van der Waals surface area (Å²) in [5, 5.41) is 6.63. The zero-order valence-corrected chi connectivity index (χ0v) is 13.6. The lowest BCUT2D eigenvalue weighted by Crippen LogP contribution is -2.52. The first-order chi connectivity index (χ1) is 10.2. The number of hydrogen-bond donors (Lipinski definition) is 2. The lowest BCUT2D eigenvalue weighted by molar-refractivity contribution is -0.126. The van der Waals surface area contributed by atoms with Crippen LogP contribution in [0.15, 0.2) is 0 Å². The van der Waals surface area contributed by atoms with E-state index in [0.717, 1.165) is 19.5 Å². The molecule has 1 aliphatic heterocycles. The van der Waals surface area contributed by atoms with Crippen molar-refractivity contribution in [2.45, 2.75) is 63.6 Å². The molecule has 2 atom stereocenters. The number of methoxy groups -OCH3 is 1. The van der Waals surface area contributed by atoms with Gasteiger partial charge < -0.3 is 15.4 Å². The Bertz CT molecular complexity index is 315. The first kappa shape index (κ1) is 16.7. The second-order valence-corrected chi connectivity index (χ2v) is 6.39. The predicted molar refractivity (Wildman–Crippen MR) is 84.3 cm³/mol. The Morgan fingerprint density at radius 3 is 2.81 bits per heavy atom. The largest absolute Gasteiger partial charge is 0.385 e. The van der Waals surface area contributed by atoms with Crippen molar-refractivity contribution in [1.82, 2.24) is 15.5 Å². The van der Waals surface area contributed by atoms with Crippen LogP contribution < -0.4 is 10.6 Å². The smallest absolute Gasteiger partial charge is 0.237 e. The normalized spacial score (nSPS) is 24.0. The first-order valence-electron chi connectivity index (χ1n) is 8.48. The number of carbonyl (C=O) groups is 1. The Morgan fingerprint density at radius 1 is 1.38 bits per heavy atom. The van der Waals surface area contributed by atoms with Crippen LogP contribution in [0, 0.1) is 0 Å². The molecule has 0 aromatic rings. The van der Waals surface area contributed by atoms with Gasteiger partial charge in [-0.25, -0.2) is 0 Å². The van der Waals surface area contributed by atoms with E-state index < -0.39 is 0 Å². The number of nitrogens with one attached hydrogen (secondary N) is 2. The summed E-state index contributed by atoms with van der Waals surface area (Å²) in [7, 11) is 1.69. The minimum absolute atomic E-state index is 0.0243. The highest BCUT2D eigenvalue weighted by Gasteiger charge is 2.36. The molecule has 0 bridgehead atoms. The predicted octanol–water partition coefficient (Wildman–Crippen LogP) is 1.13. The second-order valence-electron chi connectivity index (χ2n) is 6.39. The maximum Gasteiger partial charge on any atom is 0.237 e. The Hall–Kier alpha value is -0.650. The summed E-state index contributed by atoms with van der Waals surface area (Å²) >= 11 is 0. The molecule has 0 aromatic heterocycles. The van der Waals surface area contributed by atoms with Crippen LogP contribution in [0.2, 0.25) is 0 Å². The topological polar surface area (TPSA) is 53.6 Å². The molecule has 2 aliphatic rings. The summed E-state index contributed by atoms with van der Waals surface area (Å²) in [4.78, 5) is 14.7. The van der Waals surface area contributed by atoms with E-state index in [1.807, 2.05) is 6.92 Å². The number of piperidine rings is 1. The molecule has 2 rings (SSSR count). The number of carbonyl (C=O) groups excluding carboxylic acids is 1. The molecule has 1 aliphatic carbocycles. The molecule has 0 radical (unpaired) electrons. The molecule has 2 unspecified atom stereocenters. The molecule has 1 saturated heterocycles. The number of nitrogens with zero attached hydrogens (tertiary/aromatic N) is 1. The van der Waals surface area contributed by atoms with Crippen molar-refractivity contribution in [2.24, 2.45) is 0 Å². The maximum atomic E-state index is 12.3. The summed E-state index contributed by atoms with van der Waals surface area (Å²) < 4.78 is 5.01. The summed E-state index contributed by atoms with van der Waals surface area (Å²) in [6.07, 6.45) is 7.21. The van der Waals surface area contributed by atoms with E-state index in [0.29, 0.717) is 25.2 Å². The number of amides is 1. The number of hydrogen-bond acceptors (Lipinski definition) is 4. The van der Waals surface area contributed by atoms with Gasteiger partial charge in [0.15, 0.2) is 0 Å². The van der Waals surface area contributed by atoms with Gasteiger partial charge in [-0.1, -0.05) is 6.42 Å². The lowest BCUT2D eigenvalue weighted by Gasteiger charge is -2.34. The number of ether oxygens (including phenoxy) is 1. The third-order valence-corrected chi connectivity index (χ3v) is 4.56. The third-order valence-electron chi connectivity index (χ3n) is 4.56. The molecule has 5 nitrogen and oxygen atoms in total. The fourth-order valence-corrected chi connectivity index (χ4v) is 3.09. The highest BCUT2D eigenvalue weighted by Crippen LogP contribution is 2.29. The van der Waals surface area contributed by atoms with Crippen LogP contribution >= 0.6 is 0 Å². The lowest BCUT2D eigenvalue weighted by atomic mass is 10.0. The Morgan fingerprint density at radius 2 is 2.19 bits per heavy atom. The van der Waals surface area contributed by atoms with Gasteiger partial charge in [0.2, 0.25) is 5.91 Å². The average Bonchev–Trinajstić information content (AvgIpc) is 3.34. The van der Waals surface area contributed by atoms with Crippen molar-refractivity contribution < 1.29 is 9.53 Å². The van der Waals surface area contributed by atoms with Gasteiger partial charge in [-0.05, 0) is 45.6 Å². The first-order valence-corrected chi connectivity index (χ1v) is 8.48. The SMILES string of the molecule is COCCCNC(=O)C(C)N(CC1CCCCN1)C1CC1. The van der Waals surface area contributed by atoms with Gasteiger partial charge in [-0.15, -0.1) is 0 Å². The van der Waals surface area contributed by atoms with Gasteiger partial charge in [-0.3, -0.25) is 9.69 Å².